The standard InChI is InChI=1S/C20H25N/c1-15-11-16(2)13-18(12-15)17-7-6-8-19(14-17)20(3,4)9-10-21-5/h6-14,21H,1-5H3/b10-9-. The summed E-state index contributed by atoms with van der Waals surface area (Å²) in [5, 5.41) is 3.07. The minimum atomic E-state index is 0.0118. The fraction of sp³-hybridized carbons (Fsp3) is 0.300. The molecule has 2 aromatic rings. The van der Waals surface area contributed by atoms with Crippen LogP contribution in [0.4, 0.5) is 0 Å². The lowest BCUT2D eigenvalue weighted by Crippen LogP contribution is -2.14. The second-order valence-corrected chi connectivity index (χ2v) is 6.30. The summed E-state index contributed by atoms with van der Waals surface area (Å²) in [5.41, 5.74) is 6.53. The van der Waals surface area contributed by atoms with Gasteiger partial charge in [0.25, 0.3) is 0 Å². The number of benzene rings is 2. The Morgan fingerprint density at radius 2 is 1.57 bits per heavy atom. The molecule has 0 saturated heterocycles. The van der Waals surface area contributed by atoms with Gasteiger partial charge in [-0.25, -0.2) is 0 Å². The van der Waals surface area contributed by atoms with Crippen LogP contribution >= 0.6 is 0 Å². The largest absolute Gasteiger partial charge is 0.394 e. The van der Waals surface area contributed by atoms with Gasteiger partial charge in [0.2, 0.25) is 0 Å². The van der Waals surface area contributed by atoms with Crippen LogP contribution in [0, 0.1) is 13.8 Å². The Kier molecular flexibility index (Phi) is 4.52. The Morgan fingerprint density at radius 3 is 2.19 bits per heavy atom. The minimum Gasteiger partial charge on any atom is -0.394 e. The van der Waals surface area contributed by atoms with E-state index in [4.69, 9.17) is 0 Å². The molecule has 0 aliphatic heterocycles. The summed E-state index contributed by atoms with van der Waals surface area (Å²) in [6.45, 7) is 8.78. The lowest BCUT2D eigenvalue weighted by molar-refractivity contribution is 0.665. The molecule has 2 aromatic carbocycles. The normalized spacial score (nSPS) is 11.9. The number of allylic oxidation sites excluding steroid dienone is 1. The first-order valence-electron chi connectivity index (χ1n) is 7.46. The maximum Gasteiger partial charge on any atom is 0.00927 e. The van der Waals surface area contributed by atoms with Crippen LogP contribution in [0.25, 0.3) is 11.1 Å². The van der Waals surface area contributed by atoms with E-state index in [0.717, 1.165) is 0 Å². The highest BCUT2D eigenvalue weighted by Crippen LogP contribution is 2.29. The van der Waals surface area contributed by atoms with E-state index in [1.165, 1.54) is 27.8 Å². The van der Waals surface area contributed by atoms with E-state index in [0.29, 0.717) is 0 Å². The Bertz CT molecular complexity index is 630. The summed E-state index contributed by atoms with van der Waals surface area (Å²) in [7, 11) is 1.93. The van der Waals surface area contributed by atoms with E-state index in [2.05, 4.69) is 81.6 Å². The van der Waals surface area contributed by atoms with E-state index in [1.54, 1.807) is 0 Å². The summed E-state index contributed by atoms with van der Waals surface area (Å²) >= 11 is 0. The van der Waals surface area contributed by atoms with Crippen molar-refractivity contribution in [3.8, 4) is 11.1 Å². The molecule has 21 heavy (non-hydrogen) atoms. The van der Waals surface area contributed by atoms with Gasteiger partial charge in [0.1, 0.15) is 0 Å². The molecule has 0 amide bonds. The second-order valence-electron chi connectivity index (χ2n) is 6.30. The number of hydrogen-bond acceptors (Lipinski definition) is 1. The maximum atomic E-state index is 3.07. The highest BCUT2D eigenvalue weighted by Gasteiger charge is 2.17. The van der Waals surface area contributed by atoms with Crippen LogP contribution in [-0.4, -0.2) is 7.05 Å². The van der Waals surface area contributed by atoms with E-state index in [-0.39, 0.29) is 5.41 Å². The first-order chi connectivity index (χ1) is 9.92. The van der Waals surface area contributed by atoms with Crippen molar-refractivity contribution in [3.05, 3.63) is 71.4 Å². The highest BCUT2D eigenvalue weighted by atomic mass is 14.8. The van der Waals surface area contributed by atoms with E-state index in [9.17, 15) is 0 Å². The van der Waals surface area contributed by atoms with Crippen LogP contribution in [0.2, 0.25) is 0 Å². The molecular weight excluding hydrogens is 254 g/mol. The van der Waals surface area contributed by atoms with Gasteiger partial charge in [-0.15, -0.1) is 0 Å². The van der Waals surface area contributed by atoms with Gasteiger partial charge >= 0.3 is 0 Å². The molecule has 1 nitrogen and oxygen atoms in total. The van der Waals surface area contributed by atoms with E-state index in [1.807, 2.05) is 13.2 Å². The third-order valence-electron chi connectivity index (χ3n) is 3.83. The minimum absolute atomic E-state index is 0.0118. The third kappa shape index (κ3) is 3.75. The Balaban J connectivity index is 2.44. The molecule has 0 unspecified atom stereocenters. The molecule has 0 bridgehead atoms. The Hall–Kier alpha value is -2.02. The summed E-state index contributed by atoms with van der Waals surface area (Å²) in [6, 6.07) is 15.6. The maximum absolute atomic E-state index is 3.07. The van der Waals surface area contributed by atoms with Gasteiger partial charge in [-0.05, 0) is 36.7 Å². The zero-order valence-electron chi connectivity index (χ0n) is 13.7. The first kappa shape index (κ1) is 15.4. The molecule has 0 aliphatic rings. The number of rotatable bonds is 4. The molecule has 0 spiro atoms. The van der Waals surface area contributed by atoms with E-state index < -0.39 is 0 Å². The van der Waals surface area contributed by atoms with Gasteiger partial charge in [-0.2, -0.15) is 0 Å². The van der Waals surface area contributed by atoms with Gasteiger partial charge in [-0.1, -0.05) is 73.5 Å². The average molecular weight is 279 g/mol. The van der Waals surface area contributed by atoms with Crippen LogP contribution in [-0.2, 0) is 5.41 Å². The van der Waals surface area contributed by atoms with Gasteiger partial charge < -0.3 is 5.32 Å². The van der Waals surface area contributed by atoms with Crippen molar-refractivity contribution >= 4 is 0 Å². The number of aryl methyl sites for hydroxylation is 2. The molecular formula is C20H25N. The molecule has 0 aliphatic carbocycles. The first-order valence-corrected chi connectivity index (χ1v) is 7.46. The lowest BCUT2D eigenvalue weighted by Gasteiger charge is -2.22. The molecule has 0 fully saturated rings. The zero-order chi connectivity index (χ0) is 15.5. The Morgan fingerprint density at radius 1 is 0.905 bits per heavy atom. The van der Waals surface area contributed by atoms with E-state index >= 15 is 0 Å². The van der Waals surface area contributed by atoms with Crippen LogP contribution in [0.15, 0.2) is 54.7 Å². The zero-order valence-corrected chi connectivity index (χ0v) is 13.7. The predicted octanol–water partition coefficient (Wildman–Crippen LogP) is 4.98. The van der Waals surface area contributed by atoms with Crippen LogP contribution in [0.1, 0.15) is 30.5 Å². The van der Waals surface area contributed by atoms with Gasteiger partial charge in [0.15, 0.2) is 0 Å². The van der Waals surface area contributed by atoms with Crippen LogP contribution < -0.4 is 5.32 Å². The van der Waals surface area contributed by atoms with Crippen molar-refractivity contribution in [2.24, 2.45) is 0 Å². The lowest BCUT2D eigenvalue weighted by atomic mass is 9.83. The number of nitrogens with one attached hydrogen (secondary N) is 1. The van der Waals surface area contributed by atoms with Crippen molar-refractivity contribution in [2.45, 2.75) is 33.1 Å². The van der Waals surface area contributed by atoms with Crippen molar-refractivity contribution in [3.63, 3.8) is 0 Å². The fourth-order valence-corrected chi connectivity index (χ4v) is 2.63. The molecule has 0 atom stereocenters. The molecule has 0 heterocycles. The number of hydrogen-bond donors (Lipinski definition) is 1. The molecule has 110 valence electrons. The molecule has 0 aromatic heterocycles. The van der Waals surface area contributed by atoms with Gasteiger partial charge in [0, 0.05) is 12.5 Å². The second kappa shape index (κ2) is 6.17. The van der Waals surface area contributed by atoms with Crippen molar-refractivity contribution in [1.29, 1.82) is 0 Å². The SMILES string of the molecule is CN/C=C\C(C)(C)c1cccc(-c2cc(C)cc(C)c2)c1. The smallest absolute Gasteiger partial charge is 0.00927 e. The monoisotopic (exact) mass is 279 g/mol. The summed E-state index contributed by atoms with van der Waals surface area (Å²) in [6.07, 6.45) is 4.21. The fourth-order valence-electron chi connectivity index (χ4n) is 2.63. The van der Waals surface area contributed by atoms with Crippen molar-refractivity contribution in [1.82, 2.24) is 5.32 Å². The van der Waals surface area contributed by atoms with Crippen LogP contribution in [0.3, 0.4) is 0 Å². The van der Waals surface area contributed by atoms with Gasteiger partial charge in [0.05, 0.1) is 0 Å². The average Bonchev–Trinajstić information content (AvgIpc) is 2.44. The predicted molar refractivity (Wildman–Crippen MR) is 92.6 cm³/mol. The Labute approximate surface area is 128 Å². The summed E-state index contributed by atoms with van der Waals surface area (Å²) in [4.78, 5) is 0. The molecule has 0 saturated carbocycles. The summed E-state index contributed by atoms with van der Waals surface area (Å²) in [5.74, 6) is 0. The van der Waals surface area contributed by atoms with Crippen molar-refractivity contribution in [2.75, 3.05) is 7.05 Å². The highest BCUT2D eigenvalue weighted by molar-refractivity contribution is 5.66. The molecule has 0 radical (unpaired) electrons. The molecule has 2 rings (SSSR count). The van der Waals surface area contributed by atoms with Crippen molar-refractivity contribution < 1.29 is 0 Å². The molecule has 1 heteroatoms. The van der Waals surface area contributed by atoms with Crippen LogP contribution in [0.5, 0.6) is 0 Å². The van der Waals surface area contributed by atoms with Gasteiger partial charge in [-0.3, -0.25) is 0 Å². The third-order valence-corrected chi connectivity index (χ3v) is 3.83. The topological polar surface area (TPSA) is 12.0 Å². The molecule has 1 N–H and O–H groups in total. The summed E-state index contributed by atoms with van der Waals surface area (Å²) < 4.78 is 0. The quantitative estimate of drug-likeness (QED) is 0.832.